The number of fused-ring (bicyclic) bond motifs is 6. The van der Waals surface area contributed by atoms with Crippen molar-refractivity contribution in [3.8, 4) is 5.75 Å². The Labute approximate surface area is 204 Å². The van der Waals surface area contributed by atoms with Crippen molar-refractivity contribution in [1.29, 1.82) is 0 Å². The average Bonchev–Trinajstić information content (AvgIpc) is 3.45. The Morgan fingerprint density at radius 3 is 2.29 bits per heavy atom. The van der Waals surface area contributed by atoms with E-state index < -0.39 is 0 Å². The van der Waals surface area contributed by atoms with Crippen LogP contribution in [0, 0.1) is 5.92 Å². The number of methoxy groups -OCH3 is 1. The lowest BCUT2D eigenvalue weighted by Crippen LogP contribution is -2.59. The molecule has 180 valence electrons. The van der Waals surface area contributed by atoms with Crippen LogP contribution in [0.2, 0.25) is 0 Å². The minimum atomic E-state index is 0.195. The Morgan fingerprint density at radius 2 is 1.62 bits per heavy atom. The van der Waals surface area contributed by atoms with E-state index in [4.69, 9.17) is 4.74 Å². The van der Waals surface area contributed by atoms with Crippen molar-refractivity contribution in [1.82, 2.24) is 10.2 Å². The van der Waals surface area contributed by atoms with Gasteiger partial charge in [-0.3, -0.25) is 9.69 Å². The van der Waals surface area contributed by atoms with E-state index in [-0.39, 0.29) is 6.04 Å². The van der Waals surface area contributed by atoms with Crippen molar-refractivity contribution < 1.29 is 9.53 Å². The van der Waals surface area contributed by atoms with Crippen LogP contribution in [0.3, 0.4) is 0 Å². The first-order valence-electron chi connectivity index (χ1n) is 13.5. The Morgan fingerprint density at radius 1 is 0.912 bits per heavy atom. The number of Topliss-reactive ketones (excluding diaryl/α,β-unsaturated/α-hetero) is 1. The van der Waals surface area contributed by atoms with Gasteiger partial charge in [-0.15, -0.1) is 0 Å². The molecule has 4 nitrogen and oxygen atoms in total. The van der Waals surface area contributed by atoms with Gasteiger partial charge in [0.1, 0.15) is 5.75 Å². The molecule has 2 aromatic carbocycles. The van der Waals surface area contributed by atoms with E-state index in [0.29, 0.717) is 42.3 Å². The summed E-state index contributed by atoms with van der Waals surface area (Å²) in [6.45, 7) is 0. The molecule has 3 saturated heterocycles. The molecule has 0 amide bonds. The van der Waals surface area contributed by atoms with E-state index in [2.05, 4.69) is 52.7 Å². The van der Waals surface area contributed by atoms with Crippen LogP contribution >= 0.6 is 0 Å². The summed E-state index contributed by atoms with van der Waals surface area (Å²) in [4.78, 5) is 15.8. The summed E-state index contributed by atoms with van der Waals surface area (Å²) >= 11 is 0. The summed E-state index contributed by atoms with van der Waals surface area (Å²) in [7, 11) is 1.75. The standard InChI is InChI=1S/C30H38N2O2/c1-34-24-9-5-8-23(19-24)30(32-27-16-17-28(32)26-15-14-25(27)31-26)22-12-10-21(11-13-22)29(33)18-20-6-3-2-4-7-20/h5,8-13,19-20,25-28,30-31H,2-4,6-7,14-18H2,1H3/t25-,26?,27?,28?,30?/m1/s1. The molecule has 6 rings (SSSR count). The number of carbonyl (C=O) groups is 1. The van der Waals surface area contributed by atoms with Crippen LogP contribution in [-0.2, 0) is 0 Å². The van der Waals surface area contributed by atoms with Gasteiger partial charge < -0.3 is 10.1 Å². The van der Waals surface area contributed by atoms with Crippen molar-refractivity contribution in [2.45, 2.75) is 94.4 Å². The summed E-state index contributed by atoms with van der Waals surface area (Å²) in [5, 5.41) is 3.91. The van der Waals surface area contributed by atoms with E-state index in [9.17, 15) is 4.79 Å². The van der Waals surface area contributed by atoms with Gasteiger partial charge in [-0.1, -0.05) is 68.5 Å². The third-order valence-electron chi connectivity index (χ3n) is 9.12. The Hall–Kier alpha value is -2.17. The first kappa shape index (κ1) is 22.3. The topological polar surface area (TPSA) is 41.6 Å². The second kappa shape index (κ2) is 9.47. The second-order valence-electron chi connectivity index (χ2n) is 11.0. The van der Waals surface area contributed by atoms with E-state index in [0.717, 1.165) is 11.3 Å². The molecular weight excluding hydrogens is 420 g/mol. The van der Waals surface area contributed by atoms with Crippen molar-refractivity contribution in [3.63, 3.8) is 0 Å². The molecule has 1 saturated carbocycles. The van der Waals surface area contributed by atoms with Gasteiger partial charge in [0.2, 0.25) is 0 Å². The zero-order valence-corrected chi connectivity index (χ0v) is 20.4. The predicted molar refractivity (Wildman–Crippen MR) is 135 cm³/mol. The fourth-order valence-electron chi connectivity index (χ4n) is 7.47. The third kappa shape index (κ3) is 4.09. The summed E-state index contributed by atoms with van der Waals surface area (Å²) in [6, 6.07) is 19.8. The highest BCUT2D eigenvalue weighted by molar-refractivity contribution is 5.96. The first-order chi connectivity index (χ1) is 16.7. The van der Waals surface area contributed by atoms with Crippen LogP contribution in [-0.4, -0.2) is 42.0 Å². The van der Waals surface area contributed by atoms with Gasteiger partial charge in [0, 0.05) is 36.2 Å². The number of carbonyl (C=O) groups excluding carboxylic acids is 1. The number of nitrogens with one attached hydrogen (secondary N) is 1. The van der Waals surface area contributed by atoms with Crippen molar-refractivity contribution in [3.05, 3.63) is 65.2 Å². The maximum absolute atomic E-state index is 13.0. The number of hydrogen-bond acceptors (Lipinski definition) is 4. The zero-order valence-electron chi connectivity index (χ0n) is 20.4. The molecule has 4 heteroatoms. The second-order valence-corrected chi connectivity index (χ2v) is 11.0. The minimum Gasteiger partial charge on any atom is -0.497 e. The molecule has 1 aliphatic carbocycles. The lowest BCUT2D eigenvalue weighted by atomic mass is 9.84. The van der Waals surface area contributed by atoms with Crippen molar-refractivity contribution >= 4 is 5.78 Å². The number of piperazine rings is 1. The molecule has 0 radical (unpaired) electrons. The molecule has 2 aromatic rings. The maximum Gasteiger partial charge on any atom is 0.163 e. The van der Waals surface area contributed by atoms with E-state index in [1.54, 1.807) is 7.11 Å². The van der Waals surface area contributed by atoms with E-state index in [1.165, 1.54) is 68.9 Å². The fraction of sp³-hybridized carbons (Fsp3) is 0.567. The highest BCUT2D eigenvalue weighted by atomic mass is 16.5. The van der Waals surface area contributed by atoms with Gasteiger partial charge in [0.05, 0.1) is 13.2 Å². The van der Waals surface area contributed by atoms with Crippen LogP contribution in [0.4, 0.5) is 0 Å². The highest BCUT2D eigenvalue weighted by Gasteiger charge is 2.52. The van der Waals surface area contributed by atoms with Gasteiger partial charge in [0.25, 0.3) is 0 Å². The Balaban J connectivity index is 1.30. The zero-order chi connectivity index (χ0) is 23.1. The van der Waals surface area contributed by atoms with Crippen LogP contribution < -0.4 is 10.1 Å². The normalized spacial score (nSPS) is 29.8. The van der Waals surface area contributed by atoms with Gasteiger partial charge >= 0.3 is 0 Å². The van der Waals surface area contributed by atoms with Crippen LogP contribution in [0.1, 0.15) is 91.7 Å². The summed E-state index contributed by atoms with van der Waals surface area (Å²) in [5.74, 6) is 1.81. The minimum absolute atomic E-state index is 0.195. The number of ketones is 1. The Kier molecular flexibility index (Phi) is 6.21. The highest BCUT2D eigenvalue weighted by Crippen LogP contribution is 2.47. The quantitative estimate of drug-likeness (QED) is 0.524. The fourth-order valence-corrected chi connectivity index (χ4v) is 7.47. The number of rotatable bonds is 7. The number of ether oxygens (including phenoxy) is 1. The lowest BCUT2D eigenvalue weighted by Gasteiger charge is -2.45. The summed E-state index contributed by atoms with van der Waals surface area (Å²) in [6.07, 6.45) is 12.2. The van der Waals surface area contributed by atoms with E-state index in [1.807, 2.05) is 6.07 Å². The lowest BCUT2D eigenvalue weighted by molar-refractivity contribution is 0.0807. The van der Waals surface area contributed by atoms with Crippen LogP contribution in [0.15, 0.2) is 48.5 Å². The summed E-state index contributed by atoms with van der Waals surface area (Å²) < 4.78 is 5.60. The molecule has 4 fully saturated rings. The van der Waals surface area contributed by atoms with Gasteiger partial charge in [-0.05, 0) is 54.9 Å². The number of nitrogens with zero attached hydrogens (tertiary/aromatic N) is 1. The molecule has 5 atom stereocenters. The van der Waals surface area contributed by atoms with Gasteiger partial charge in [-0.2, -0.15) is 0 Å². The van der Waals surface area contributed by atoms with Gasteiger partial charge in [-0.25, -0.2) is 0 Å². The molecule has 0 spiro atoms. The van der Waals surface area contributed by atoms with Crippen LogP contribution in [0.5, 0.6) is 5.75 Å². The molecule has 4 aliphatic rings. The predicted octanol–water partition coefficient (Wildman–Crippen LogP) is 5.90. The molecule has 0 aromatic heterocycles. The third-order valence-corrected chi connectivity index (χ3v) is 9.12. The largest absolute Gasteiger partial charge is 0.497 e. The van der Waals surface area contributed by atoms with E-state index >= 15 is 0 Å². The average molecular weight is 459 g/mol. The Bertz CT molecular complexity index is 995. The maximum atomic E-state index is 13.0. The molecule has 3 heterocycles. The molecular formula is C30H38N2O2. The monoisotopic (exact) mass is 458 g/mol. The number of benzene rings is 2. The number of hydrogen-bond donors (Lipinski definition) is 1. The van der Waals surface area contributed by atoms with Crippen LogP contribution in [0.25, 0.3) is 0 Å². The molecule has 3 aliphatic heterocycles. The summed E-state index contributed by atoms with van der Waals surface area (Å²) in [5.41, 5.74) is 3.46. The first-order valence-corrected chi connectivity index (χ1v) is 13.5. The molecule has 4 bridgehead atoms. The van der Waals surface area contributed by atoms with Crippen molar-refractivity contribution in [2.24, 2.45) is 5.92 Å². The van der Waals surface area contributed by atoms with Crippen molar-refractivity contribution in [2.75, 3.05) is 7.11 Å². The molecule has 1 N–H and O–H groups in total. The smallest absolute Gasteiger partial charge is 0.163 e. The molecule has 4 unspecified atom stereocenters. The molecule has 34 heavy (non-hydrogen) atoms. The van der Waals surface area contributed by atoms with Gasteiger partial charge in [0.15, 0.2) is 5.78 Å². The SMILES string of the molecule is COc1cccc(C(c2ccc(C(=O)CC3CCCCC3)cc2)N2C3CCC2[C@H]2CCC3N2)c1.